The van der Waals surface area contributed by atoms with E-state index in [1.165, 1.54) is 5.56 Å². The monoisotopic (exact) mass is 433 g/mol. The Kier molecular flexibility index (Phi) is 5.32. The van der Waals surface area contributed by atoms with Gasteiger partial charge in [-0.25, -0.2) is 4.98 Å². The molecule has 0 aliphatic heterocycles. The van der Waals surface area contributed by atoms with E-state index in [2.05, 4.69) is 57.3 Å². The molecule has 0 saturated heterocycles. The molecule has 0 radical (unpaired) electrons. The number of halogens is 1. The van der Waals surface area contributed by atoms with Crippen molar-refractivity contribution in [2.45, 2.75) is 16.8 Å². The number of aryl methyl sites for hydroxylation is 1. The molecule has 4 rings (SSSR count). The fourth-order valence-corrected chi connectivity index (χ4v) is 3.75. The largest absolute Gasteiger partial charge is 0.217 e. The van der Waals surface area contributed by atoms with Crippen LogP contribution in [0, 0.1) is 6.92 Å². The van der Waals surface area contributed by atoms with Gasteiger partial charge in [-0.1, -0.05) is 87.9 Å². The standard InChI is InChI=1S/C22H16BrN3S/c1-15-7-9-17(10-8-15)21-24-22(27-19-13-11-18(23)12-14-19)20(25-26-21)16-5-3-2-4-6-16/h2-14H,1H3. The van der Waals surface area contributed by atoms with Gasteiger partial charge in [-0.15, -0.1) is 10.2 Å². The third-order valence-electron chi connectivity index (χ3n) is 4.04. The van der Waals surface area contributed by atoms with Crippen LogP contribution in [0.5, 0.6) is 0 Å². The average molecular weight is 434 g/mol. The minimum atomic E-state index is 0.634. The van der Waals surface area contributed by atoms with Crippen LogP contribution in [0.4, 0.5) is 0 Å². The SMILES string of the molecule is Cc1ccc(-c2nnc(-c3ccccc3)c(Sc3ccc(Br)cc3)n2)cc1. The highest BCUT2D eigenvalue weighted by atomic mass is 79.9. The molecule has 0 unspecified atom stereocenters. The van der Waals surface area contributed by atoms with Gasteiger partial charge in [-0.3, -0.25) is 0 Å². The molecule has 0 aliphatic carbocycles. The van der Waals surface area contributed by atoms with Crippen molar-refractivity contribution in [3.05, 3.63) is 88.9 Å². The quantitative estimate of drug-likeness (QED) is 0.371. The van der Waals surface area contributed by atoms with Crippen molar-refractivity contribution >= 4 is 27.7 Å². The maximum atomic E-state index is 4.84. The Morgan fingerprint density at radius 3 is 2.15 bits per heavy atom. The Bertz CT molecular complexity index is 1050. The van der Waals surface area contributed by atoms with Crippen LogP contribution < -0.4 is 0 Å². The number of rotatable bonds is 4. The third kappa shape index (κ3) is 4.26. The summed E-state index contributed by atoms with van der Waals surface area (Å²) in [5, 5.41) is 9.75. The van der Waals surface area contributed by atoms with Crippen LogP contribution in [0.2, 0.25) is 0 Å². The lowest BCUT2D eigenvalue weighted by Gasteiger charge is -2.09. The molecule has 0 aliphatic rings. The zero-order valence-electron chi connectivity index (χ0n) is 14.6. The van der Waals surface area contributed by atoms with Gasteiger partial charge in [0.25, 0.3) is 0 Å². The Morgan fingerprint density at radius 2 is 1.44 bits per heavy atom. The van der Waals surface area contributed by atoms with Crippen LogP contribution in [-0.4, -0.2) is 15.2 Å². The number of benzene rings is 3. The molecule has 0 spiro atoms. The maximum absolute atomic E-state index is 4.84. The predicted octanol–water partition coefficient (Wildman–Crippen LogP) is 6.43. The summed E-state index contributed by atoms with van der Waals surface area (Å²) in [5.41, 5.74) is 3.97. The van der Waals surface area contributed by atoms with Crippen LogP contribution in [0.25, 0.3) is 22.6 Å². The normalized spacial score (nSPS) is 10.7. The first kappa shape index (κ1) is 17.9. The van der Waals surface area contributed by atoms with Gasteiger partial charge in [0, 0.05) is 20.5 Å². The van der Waals surface area contributed by atoms with Crippen molar-refractivity contribution < 1.29 is 0 Å². The van der Waals surface area contributed by atoms with E-state index < -0.39 is 0 Å². The second kappa shape index (κ2) is 8.03. The molecular formula is C22H16BrN3S. The van der Waals surface area contributed by atoms with Crippen molar-refractivity contribution in [3.8, 4) is 22.6 Å². The van der Waals surface area contributed by atoms with Crippen LogP contribution in [0.1, 0.15) is 5.56 Å². The summed E-state index contributed by atoms with van der Waals surface area (Å²) < 4.78 is 1.05. The molecule has 3 nitrogen and oxygen atoms in total. The summed E-state index contributed by atoms with van der Waals surface area (Å²) in [6, 6.07) is 26.4. The van der Waals surface area contributed by atoms with E-state index in [0.717, 1.165) is 31.2 Å². The molecule has 27 heavy (non-hydrogen) atoms. The number of hydrogen-bond donors (Lipinski definition) is 0. The number of hydrogen-bond acceptors (Lipinski definition) is 4. The summed E-state index contributed by atoms with van der Waals surface area (Å²) in [6.07, 6.45) is 0. The molecule has 1 heterocycles. The minimum absolute atomic E-state index is 0.634. The van der Waals surface area contributed by atoms with Gasteiger partial charge in [0.05, 0.1) is 0 Å². The molecule has 0 fully saturated rings. The number of aromatic nitrogens is 3. The molecule has 0 N–H and O–H groups in total. The van der Waals surface area contributed by atoms with Crippen LogP contribution in [0.15, 0.2) is 93.3 Å². The molecule has 0 amide bonds. The minimum Gasteiger partial charge on any atom is -0.217 e. The molecule has 0 bridgehead atoms. The van der Waals surface area contributed by atoms with E-state index in [-0.39, 0.29) is 0 Å². The second-order valence-corrected chi connectivity index (χ2v) is 8.06. The Hall–Kier alpha value is -2.50. The van der Waals surface area contributed by atoms with Gasteiger partial charge in [-0.2, -0.15) is 0 Å². The highest BCUT2D eigenvalue weighted by Crippen LogP contribution is 2.34. The summed E-state index contributed by atoms with van der Waals surface area (Å²) in [6.45, 7) is 2.07. The highest BCUT2D eigenvalue weighted by Gasteiger charge is 2.14. The summed E-state index contributed by atoms with van der Waals surface area (Å²) in [5.74, 6) is 0.634. The van der Waals surface area contributed by atoms with Crippen LogP contribution in [-0.2, 0) is 0 Å². The fraction of sp³-hybridized carbons (Fsp3) is 0.0455. The van der Waals surface area contributed by atoms with Gasteiger partial charge in [0.2, 0.25) is 0 Å². The first-order valence-electron chi connectivity index (χ1n) is 8.50. The zero-order chi connectivity index (χ0) is 18.6. The third-order valence-corrected chi connectivity index (χ3v) is 5.55. The van der Waals surface area contributed by atoms with E-state index in [1.807, 2.05) is 54.6 Å². The van der Waals surface area contributed by atoms with E-state index in [0.29, 0.717) is 5.82 Å². The van der Waals surface area contributed by atoms with Crippen LogP contribution >= 0.6 is 27.7 Å². The molecule has 4 aromatic rings. The zero-order valence-corrected chi connectivity index (χ0v) is 17.0. The summed E-state index contributed by atoms with van der Waals surface area (Å²) >= 11 is 5.08. The topological polar surface area (TPSA) is 38.7 Å². The first-order valence-corrected chi connectivity index (χ1v) is 10.1. The van der Waals surface area contributed by atoms with Crippen LogP contribution in [0.3, 0.4) is 0 Å². The Morgan fingerprint density at radius 1 is 0.741 bits per heavy atom. The Balaban J connectivity index is 1.79. The van der Waals surface area contributed by atoms with E-state index in [9.17, 15) is 0 Å². The van der Waals surface area contributed by atoms with Crippen molar-refractivity contribution in [2.24, 2.45) is 0 Å². The molecule has 1 aromatic heterocycles. The van der Waals surface area contributed by atoms with Gasteiger partial charge >= 0.3 is 0 Å². The van der Waals surface area contributed by atoms with E-state index >= 15 is 0 Å². The highest BCUT2D eigenvalue weighted by molar-refractivity contribution is 9.10. The molecule has 132 valence electrons. The molecule has 3 aromatic carbocycles. The molecule has 5 heteroatoms. The second-order valence-electron chi connectivity index (χ2n) is 6.08. The van der Waals surface area contributed by atoms with Gasteiger partial charge < -0.3 is 0 Å². The predicted molar refractivity (Wildman–Crippen MR) is 114 cm³/mol. The molecular weight excluding hydrogens is 418 g/mol. The maximum Gasteiger partial charge on any atom is 0.182 e. The molecule has 0 saturated carbocycles. The summed E-state index contributed by atoms with van der Waals surface area (Å²) in [4.78, 5) is 5.95. The average Bonchev–Trinajstić information content (AvgIpc) is 2.71. The van der Waals surface area contributed by atoms with Crippen molar-refractivity contribution in [1.29, 1.82) is 0 Å². The summed E-state index contributed by atoms with van der Waals surface area (Å²) in [7, 11) is 0. The van der Waals surface area contributed by atoms with Gasteiger partial charge in [0.15, 0.2) is 5.82 Å². The fourth-order valence-electron chi connectivity index (χ4n) is 2.60. The van der Waals surface area contributed by atoms with Crippen molar-refractivity contribution in [3.63, 3.8) is 0 Å². The molecule has 0 atom stereocenters. The van der Waals surface area contributed by atoms with Crippen molar-refractivity contribution in [2.75, 3.05) is 0 Å². The lowest BCUT2D eigenvalue weighted by molar-refractivity contribution is 0.924. The Labute approximate surface area is 171 Å². The number of nitrogens with zero attached hydrogens (tertiary/aromatic N) is 3. The van der Waals surface area contributed by atoms with Gasteiger partial charge in [0.1, 0.15) is 10.7 Å². The lowest BCUT2D eigenvalue weighted by atomic mass is 10.1. The smallest absolute Gasteiger partial charge is 0.182 e. The van der Waals surface area contributed by atoms with Gasteiger partial charge in [-0.05, 0) is 31.2 Å². The first-order chi connectivity index (χ1) is 13.2. The van der Waals surface area contributed by atoms with Crippen molar-refractivity contribution in [1.82, 2.24) is 15.2 Å². The van der Waals surface area contributed by atoms with E-state index in [4.69, 9.17) is 4.98 Å². The van der Waals surface area contributed by atoms with E-state index in [1.54, 1.807) is 11.8 Å². The lowest BCUT2D eigenvalue weighted by Crippen LogP contribution is -1.99.